The number of benzene rings is 2. The zero-order chi connectivity index (χ0) is 21.8. The third kappa shape index (κ3) is 5.79. The molecule has 29 heavy (non-hydrogen) atoms. The first kappa shape index (κ1) is 22.9. The van der Waals surface area contributed by atoms with Crippen molar-refractivity contribution in [2.75, 3.05) is 6.61 Å². The lowest BCUT2D eigenvalue weighted by molar-refractivity contribution is -0.144. The first-order chi connectivity index (χ1) is 13.5. The predicted octanol–water partition coefficient (Wildman–Crippen LogP) is 6.16. The van der Waals surface area contributed by atoms with Gasteiger partial charge in [0.25, 0.3) is 0 Å². The minimum Gasteiger partial charge on any atom is -0.465 e. The van der Waals surface area contributed by atoms with Crippen molar-refractivity contribution >= 4 is 11.8 Å². The number of hydrogen-bond donors (Lipinski definition) is 0. The third-order valence-electron chi connectivity index (χ3n) is 5.22. The van der Waals surface area contributed by atoms with Gasteiger partial charge in [-0.15, -0.1) is 0 Å². The highest BCUT2D eigenvalue weighted by atomic mass is 16.5. The molecule has 0 heterocycles. The minimum absolute atomic E-state index is 0.00823. The molecule has 0 fully saturated rings. The fourth-order valence-corrected chi connectivity index (χ4v) is 3.45. The Balaban J connectivity index is 2.44. The van der Waals surface area contributed by atoms with Crippen LogP contribution in [0, 0.1) is 19.8 Å². The van der Waals surface area contributed by atoms with E-state index in [9.17, 15) is 9.59 Å². The lowest BCUT2D eigenvalue weighted by Gasteiger charge is -2.23. The van der Waals surface area contributed by atoms with Crippen molar-refractivity contribution in [3.63, 3.8) is 0 Å². The summed E-state index contributed by atoms with van der Waals surface area (Å²) in [7, 11) is 0. The molecular weight excluding hydrogens is 360 g/mol. The molecule has 0 spiro atoms. The maximum atomic E-state index is 13.6. The number of ether oxygens (including phenoxy) is 1. The van der Waals surface area contributed by atoms with E-state index in [4.69, 9.17) is 4.74 Å². The summed E-state index contributed by atoms with van der Waals surface area (Å²) in [6.07, 6.45) is 0.778. The van der Waals surface area contributed by atoms with Crippen molar-refractivity contribution in [3.8, 4) is 0 Å². The van der Waals surface area contributed by atoms with Crippen LogP contribution in [-0.4, -0.2) is 18.4 Å². The normalized spacial score (nSPS) is 12.7. The Morgan fingerprint density at radius 2 is 1.52 bits per heavy atom. The van der Waals surface area contributed by atoms with E-state index in [2.05, 4.69) is 46.8 Å². The molecule has 2 rings (SSSR count). The van der Waals surface area contributed by atoms with Gasteiger partial charge in [0.15, 0.2) is 5.78 Å². The van der Waals surface area contributed by atoms with Gasteiger partial charge in [-0.2, -0.15) is 0 Å². The lowest BCUT2D eigenvalue weighted by Crippen LogP contribution is -2.26. The first-order valence-corrected chi connectivity index (χ1v) is 10.4. The van der Waals surface area contributed by atoms with Gasteiger partial charge in [-0.3, -0.25) is 9.59 Å². The quantitative estimate of drug-likeness (QED) is 0.321. The fraction of sp³-hybridized carbons (Fsp3) is 0.462. The number of esters is 1. The molecule has 156 valence electrons. The largest absolute Gasteiger partial charge is 0.465 e. The third-order valence-corrected chi connectivity index (χ3v) is 5.22. The molecule has 2 aromatic rings. The van der Waals surface area contributed by atoms with Gasteiger partial charge >= 0.3 is 5.97 Å². The number of Topliss-reactive ketones (excluding diaryl/α,β-unsaturated/α-hetero) is 1. The summed E-state index contributed by atoms with van der Waals surface area (Å²) in [5.74, 6) is -1.17. The Bertz CT molecular complexity index is 834. The summed E-state index contributed by atoms with van der Waals surface area (Å²) in [5, 5.41) is 0. The molecule has 0 N–H and O–H groups in total. The monoisotopic (exact) mass is 394 g/mol. The fourth-order valence-electron chi connectivity index (χ4n) is 3.45. The van der Waals surface area contributed by atoms with E-state index in [0.717, 1.165) is 17.5 Å². The van der Waals surface area contributed by atoms with Gasteiger partial charge in [0.05, 0.1) is 6.61 Å². The van der Waals surface area contributed by atoms with Crippen molar-refractivity contribution in [1.82, 2.24) is 0 Å². The summed E-state index contributed by atoms with van der Waals surface area (Å²) in [4.78, 5) is 26.5. The molecule has 0 saturated carbocycles. The second kappa shape index (κ2) is 9.39. The van der Waals surface area contributed by atoms with E-state index in [1.807, 2.05) is 44.2 Å². The van der Waals surface area contributed by atoms with Gasteiger partial charge in [-0.1, -0.05) is 77.1 Å². The zero-order valence-electron chi connectivity index (χ0n) is 18.8. The van der Waals surface area contributed by atoms with Gasteiger partial charge in [0, 0.05) is 5.56 Å². The molecule has 0 aliphatic carbocycles. The molecule has 1 unspecified atom stereocenters. The van der Waals surface area contributed by atoms with E-state index in [0.29, 0.717) is 23.7 Å². The van der Waals surface area contributed by atoms with E-state index in [-0.39, 0.29) is 11.2 Å². The highest BCUT2D eigenvalue weighted by molar-refractivity contribution is 6.14. The Labute approximate surface area is 175 Å². The van der Waals surface area contributed by atoms with Crippen LogP contribution < -0.4 is 0 Å². The smallest absolute Gasteiger partial charge is 0.321 e. The number of hydrogen-bond acceptors (Lipinski definition) is 3. The van der Waals surface area contributed by atoms with Crippen molar-refractivity contribution in [1.29, 1.82) is 0 Å². The Morgan fingerprint density at radius 3 is 2.00 bits per heavy atom. The Hall–Kier alpha value is -2.42. The average Bonchev–Trinajstić information content (AvgIpc) is 2.61. The number of carbonyl (C=O) groups excluding carboxylic acids is 2. The number of aryl methyl sites for hydroxylation is 2. The standard InChI is InChI=1S/C26H34O3/c1-17(2)13-14-29-25(28)23(20-11-9-8-10-12-20)24(27)22-18(3)15-21(16-19(22)4)26(5,6)7/h8-12,15-17,23H,13-14H2,1-7H3. The Morgan fingerprint density at radius 1 is 0.966 bits per heavy atom. The number of rotatable bonds is 7. The SMILES string of the molecule is Cc1cc(C(C)(C)C)cc(C)c1C(=O)C(C(=O)OCCC(C)C)c1ccccc1. The van der Waals surface area contributed by atoms with Crippen LogP contribution in [0.2, 0.25) is 0 Å². The van der Waals surface area contributed by atoms with Gasteiger partial charge in [0.1, 0.15) is 5.92 Å². The van der Waals surface area contributed by atoms with Crippen molar-refractivity contribution in [2.24, 2.45) is 5.92 Å². The number of carbonyl (C=O) groups is 2. The van der Waals surface area contributed by atoms with Crippen LogP contribution in [0.4, 0.5) is 0 Å². The minimum atomic E-state index is -0.943. The maximum absolute atomic E-state index is 13.6. The van der Waals surface area contributed by atoms with Crippen molar-refractivity contribution in [3.05, 3.63) is 70.3 Å². The van der Waals surface area contributed by atoms with Crippen LogP contribution >= 0.6 is 0 Å². The number of ketones is 1. The van der Waals surface area contributed by atoms with Crippen LogP contribution in [0.3, 0.4) is 0 Å². The molecule has 0 aliphatic rings. The topological polar surface area (TPSA) is 43.4 Å². The summed E-state index contributed by atoms with van der Waals surface area (Å²) >= 11 is 0. The summed E-state index contributed by atoms with van der Waals surface area (Å²) in [6, 6.07) is 13.3. The molecule has 1 atom stereocenters. The average molecular weight is 395 g/mol. The summed E-state index contributed by atoms with van der Waals surface area (Å²) < 4.78 is 5.51. The van der Waals surface area contributed by atoms with E-state index in [1.54, 1.807) is 0 Å². The molecule has 0 amide bonds. The highest BCUT2D eigenvalue weighted by Crippen LogP contribution is 2.31. The van der Waals surface area contributed by atoms with E-state index in [1.165, 1.54) is 5.56 Å². The molecule has 0 radical (unpaired) electrons. The van der Waals surface area contributed by atoms with Crippen LogP contribution in [0.15, 0.2) is 42.5 Å². The van der Waals surface area contributed by atoms with E-state index >= 15 is 0 Å². The van der Waals surface area contributed by atoms with Crippen molar-refractivity contribution < 1.29 is 14.3 Å². The first-order valence-electron chi connectivity index (χ1n) is 10.4. The zero-order valence-corrected chi connectivity index (χ0v) is 18.8. The molecule has 0 bridgehead atoms. The summed E-state index contributed by atoms with van der Waals surface area (Å²) in [6.45, 7) is 14.8. The molecular formula is C26H34O3. The van der Waals surface area contributed by atoms with Crippen LogP contribution in [0.5, 0.6) is 0 Å². The van der Waals surface area contributed by atoms with Gasteiger partial charge in [-0.25, -0.2) is 0 Å². The van der Waals surface area contributed by atoms with Crippen LogP contribution in [-0.2, 0) is 14.9 Å². The molecule has 0 aromatic heterocycles. The molecule has 3 heteroatoms. The Kier molecular flexibility index (Phi) is 7.40. The summed E-state index contributed by atoms with van der Waals surface area (Å²) in [5.41, 5.74) is 4.26. The molecule has 3 nitrogen and oxygen atoms in total. The van der Waals surface area contributed by atoms with E-state index < -0.39 is 11.9 Å². The lowest BCUT2D eigenvalue weighted by atomic mass is 9.81. The second-order valence-electron chi connectivity index (χ2n) is 9.29. The molecule has 2 aromatic carbocycles. The van der Waals surface area contributed by atoms with Crippen molar-refractivity contribution in [2.45, 2.75) is 66.2 Å². The molecule has 0 aliphatic heterocycles. The van der Waals surface area contributed by atoms with Crippen LogP contribution in [0.25, 0.3) is 0 Å². The second-order valence-corrected chi connectivity index (χ2v) is 9.29. The van der Waals surface area contributed by atoms with Gasteiger partial charge in [0.2, 0.25) is 0 Å². The highest BCUT2D eigenvalue weighted by Gasteiger charge is 2.33. The van der Waals surface area contributed by atoms with Crippen LogP contribution in [0.1, 0.15) is 79.6 Å². The molecule has 0 saturated heterocycles. The predicted molar refractivity (Wildman–Crippen MR) is 119 cm³/mol. The van der Waals surface area contributed by atoms with Gasteiger partial charge in [-0.05, 0) is 53.9 Å². The maximum Gasteiger partial charge on any atom is 0.321 e. The van der Waals surface area contributed by atoms with Gasteiger partial charge < -0.3 is 4.74 Å².